The molecule has 0 bridgehead atoms. The highest BCUT2D eigenvalue weighted by atomic mass is 16.3. The Morgan fingerprint density at radius 1 is 0.857 bits per heavy atom. The van der Waals surface area contributed by atoms with E-state index in [0.717, 1.165) is 32.1 Å². The molecule has 0 radical (unpaired) electrons. The second kappa shape index (κ2) is 9.47. The molecule has 0 rings (SSSR count). The van der Waals surface area contributed by atoms with Gasteiger partial charge in [0.1, 0.15) is 0 Å². The Kier molecular flexibility index (Phi) is 9.42. The van der Waals surface area contributed by atoms with Crippen LogP contribution in [-0.4, -0.2) is 22.4 Å². The van der Waals surface area contributed by atoms with Gasteiger partial charge in [0.05, 0.1) is 12.2 Å². The highest BCUT2D eigenvalue weighted by Crippen LogP contribution is 2.10. The molecule has 0 aromatic carbocycles. The first-order chi connectivity index (χ1) is 6.66. The zero-order valence-corrected chi connectivity index (χ0v) is 9.71. The Labute approximate surface area is 88.3 Å². The van der Waals surface area contributed by atoms with Crippen LogP contribution in [0.25, 0.3) is 0 Å². The monoisotopic (exact) mass is 202 g/mol. The van der Waals surface area contributed by atoms with Crippen molar-refractivity contribution in [1.29, 1.82) is 0 Å². The van der Waals surface area contributed by atoms with Crippen LogP contribution < -0.4 is 0 Å². The number of rotatable bonds is 9. The number of hydrogen-bond acceptors (Lipinski definition) is 2. The summed E-state index contributed by atoms with van der Waals surface area (Å²) in [7, 11) is 0. The summed E-state index contributed by atoms with van der Waals surface area (Å²) >= 11 is 0. The average Bonchev–Trinajstić information content (AvgIpc) is 2.15. The first-order valence-corrected chi connectivity index (χ1v) is 6.03. The van der Waals surface area contributed by atoms with E-state index in [1.54, 1.807) is 0 Å². The lowest BCUT2D eigenvalue weighted by Gasteiger charge is -2.07. The van der Waals surface area contributed by atoms with Crippen molar-refractivity contribution in [2.75, 3.05) is 0 Å². The molecule has 86 valence electrons. The van der Waals surface area contributed by atoms with Gasteiger partial charge in [0, 0.05) is 0 Å². The molecule has 2 N–H and O–H groups in total. The van der Waals surface area contributed by atoms with Gasteiger partial charge in [0.2, 0.25) is 0 Å². The first kappa shape index (κ1) is 13.9. The van der Waals surface area contributed by atoms with E-state index < -0.39 is 0 Å². The fourth-order valence-electron chi connectivity index (χ4n) is 1.55. The van der Waals surface area contributed by atoms with Gasteiger partial charge in [-0.15, -0.1) is 0 Å². The van der Waals surface area contributed by atoms with E-state index in [4.69, 9.17) is 5.11 Å². The van der Waals surface area contributed by atoms with Gasteiger partial charge in [0.25, 0.3) is 0 Å². The van der Waals surface area contributed by atoms with Crippen molar-refractivity contribution in [3.05, 3.63) is 0 Å². The van der Waals surface area contributed by atoms with Crippen LogP contribution in [0.3, 0.4) is 0 Å². The predicted molar refractivity (Wildman–Crippen MR) is 60.3 cm³/mol. The topological polar surface area (TPSA) is 40.5 Å². The van der Waals surface area contributed by atoms with Gasteiger partial charge in [-0.25, -0.2) is 0 Å². The Morgan fingerprint density at radius 2 is 1.36 bits per heavy atom. The van der Waals surface area contributed by atoms with Crippen molar-refractivity contribution in [2.24, 2.45) is 0 Å². The molecule has 0 spiro atoms. The molecule has 0 saturated heterocycles. The van der Waals surface area contributed by atoms with Crippen molar-refractivity contribution in [1.82, 2.24) is 0 Å². The van der Waals surface area contributed by atoms with Crippen LogP contribution in [-0.2, 0) is 0 Å². The van der Waals surface area contributed by atoms with Crippen LogP contribution in [0.2, 0.25) is 0 Å². The van der Waals surface area contributed by atoms with E-state index in [1.165, 1.54) is 19.3 Å². The lowest BCUT2D eigenvalue weighted by Crippen LogP contribution is -2.03. The highest BCUT2D eigenvalue weighted by molar-refractivity contribution is 4.54. The molecule has 2 nitrogen and oxygen atoms in total. The molecule has 0 aromatic rings. The Morgan fingerprint density at radius 3 is 1.86 bits per heavy atom. The van der Waals surface area contributed by atoms with Crippen LogP contribution in [0.5, 0.6) is 0 Å². The zero-order chi connectivity index (χ0) is 10.8. The third-order valence-electron chi connectivity index (χ3n) is 2.63. The molecule has 2 atom stereocenters. The van der Waals surface area contributed by atoms with E-state index in [0.29, 0.717) is 0 Å². The van der Waals surface area contributed by atoms with Gasteiger partial charge in [-0.3, -0.25) is 0 Å². The quantitative estimate of drug-likeness (QED) is 0.564. The average molecular weight is 202 g/mol. The molecule has 0 heterocycles. The summed E-state index contributed by atoms with van der Waals surface area (Å²) in [5, 5.41) is 18.3. The summed E-state index contributed by atoms with van der Waals surface area (Å²) in [5.41, 5.74) is 0. The molecule has 0 aliphatic rings. The maximum Gasteiger partial charge on any atom is 0.0537 e. The van der Waals surface area contributed by atoms with Crippen molar-refractivity contribution in [3.63, 3.8) is 0 Å². The van der Waals surface area contributed by atoms with Crippen LogP contribution in [0, 0.1) is 0 Å². The summed E-state index contributed by atoms with van der Waals surface area (Å²) in [6, 6.07) is 0. The molecular weight excluding hydrogens is 176 g/mol. The molecule has 2 unspecified atom stereocenters. The molecule has 0 fully saturated rings. The Bertz CT molecular complexity index is 113. The largest absolute Gasteiger partial charge is 0.393 e. The van der Waals surface area contributed by atoms with Gasteiger partial charge >= 0.3 is 0 Å². The molecule has 0 aliphatic carbocycles. The molecule has 0 amide bonds. The summed E-state index contributed by atoms with van der Waals surface area (Å²) < 4.78 is 0. The minimum atomic E-state index is -0.142. The number of hydrogen-bond donors (Lipinski definition) is 2. The Balaban J connectivity index is 2.99. The molecule has 0 aliphatic heterocycles. The molecule has 2 heteroatoms. The van der Waals surface area contributed by atoms with E-state index in [2.05, 4.69) is 0 Å². The Hall–Kier alpha value is -0.0800. The standard InChI is InChI=1S/C12H26O2/c1-3-12(14)10-8-6-4-5-7-9-11(2)13/h11-14H,3-10H2,1-2H3. The SMILES string of the molecule is CCC(O)CCCCCCCC(C)O. The molecular formula is C12H26O2. The lowest BCUT2D eigenvalue weighted by molar-refractivity contribution is 0.156. The maximum atomic E-state index is 9.30. The van der Waals surface area contributed by atoms with Gasteiger partial charge in [-0.1, -0.05) is 39.0 Å². The van der Waals surface area contributed by atoms with Gasteiger partial charge < -0.3 is 10.2 Å². The zero-order valence-electron chi connectivity index (χ0n) is 9.71. The second-order valence-corrected chi connectivity index (χ2v) is 4.26. The number of aliphatic hydroxyl groups is 2. The smallest absolute Gasteiger partial charge is 0.0537 e. The van der Waals surface area contributed by atoms with Gasteiger partial charge in [0.15, 0.2) is 0 Å². The van der Waals surface area contributed by atoms with E-state index in [-0.39, 0.29) is 12.2 Å². The summed E-state index contributed by atoms with van der Waals surface area (Å²) in [6.45, 7) is 3.87. The third-order valence-corrected chi connectivity index (χ3v) is 2.63. The summed E-state index contributed by atoms with van der Waals surface area (Å²) in [5.74, 6) is 0. The highest BCUT2D eigenvalue weighted by Gasteiger charge is 2.00. The van der Waals surface area contributed by atoms with Crippen LogP contribution in [0.1, 0.15) is 65.2 Å². The van der Waals surface area contributed by atoms with Gasteiger partial charge in [-0.2, -0.15) is 0 Å². The predicted octanol–water partition coefficient (Wildman–Crippen LogP) is 2.87. The summed E-state index contributed by atoms with van der Waals surface area (Å²) in [6.07, 6.45) is 8.47. The van der Waals surface area contributed by atoms with Crippen molar-refractivity contribution in [3.8, 4) is 0 Å². The normalized spacial score (nSPS) is 15.4. The maximum absolute atomic E-state index is 9.30. The molecule has 14 heavy (non-hydrogen) atoms. The van der Waals surface area contributed by atoms with Gasteiger partial charge in [-0.05, 0) is 26.2 Å². The van der Waals surface area contributed by atoms with Crippen LogP contribution in [0.4, 0.5) is 0 Å². The minimum absolute atomic E-state index is 0.0903. The second-order valence-electron chi connectivity index (χ2n) is 4.26. The van der Waals surface area contributed by atoms with E-state index in [9.17, 15) is 5.11 Å². The fraction of sp³-hybridized carbons (Fsp3) is 1.00. The minimum Gasteiger partial charge on any atom is -0.393 e. The number of unbranched alkanes of at least 4 members (excludes halogenated alkanes) is 4. The van der Waals surface area contributed by atoms with E-state index >= 15 is 0 Å². The van der Waals surface area contributed by atoms with E-state index in [1.807, 2.05) is 13.8 Å². The molecule has 0 aromatic heterocycles. The van der Waals surface area contributed by atoms with Crippen LogP contribution in [0.15, 0.2) is 0 Å². The van der Waals surface area contributed by atoms with Crippen molar-refractivity contribution < 1.29 is 10.2 Å². The van der Waals surface area contributed by atoms with Crippen LogP contribution >= 0.6 is 0 Å². The fourth-order valence-corrected chi connectivity index (χ4v) is 1.55. The summed E-state index contributed by atoms with van der Waals surface area (Å²) in [4.78, 5) is 0. The molecule has 0 saturated carbocycles. The first-order valence-electron chi connectivity index (χ1n) is 6.03. The third kappa shape index (κ3) is 10.0. The number of aliphatic hydroxyl groups excluding tert-OH is 2. The van der Waals surface area contributed by atoms with Crippen molar-refractivity contribution in [2.45, 2.75) is 77.4 Å². The lowest BCUT2D eigenvalue weighted by atomic mass is 10.1. The van der Waals surface area contributed by atoms with Crippen molar-refractivity contribution >= 4 is 0 Å².